The lowest BCUT2D eigenvalue weighted by molar-refractivity contribution is -0.116. The summed E-state index contributed by atoms with van der Waals surface area (Å²) in [5.74, 6) is -0.185. The van der Waals surface area contributed by atoms with Gasteiger partial charge in [-0.1, -0.05) is 0 Å². The van der Waals surface area contributed by atoms with Crippen molar-refractivity contribution in [2.24, 2.45) is 0 Å². The molecule has 0 fully saturated rings. The van der Waals surface area contributed by atoms with Crippen molar-refractivity contribution in [1.29, 1.82) is 0 Å². The fraction of sp³-hybridized carbons (Fsp3) is 0.231. The summed E-state index contributed by atoms with van der Waals surface area (Å²) in [4.78, 5) is 11.9. The molecule has 3 N–H and O–H groups in total. The molecule has 0 unspecified atom stereocenters. The Hall–Kier alpha value is -2.37. The summed E-state index contributed by atoms with van der Waals surface area (Å²) >= 11 is 0. The molecule has 0 saturated carbocycles. The molecule has 0 spiro atoms. The topological polar surface area (TPSA) is 72.9 Å². The molecule has 0 aliphatic rings. The summed E-state index contributed by atoms with van der Waals surface area (Å²) in [6.07, 6.45) is 0. The molecule has 2 rings (SSSR count). The molecule has 19 heavy (non-hydrogen) atoms. The van der Waals surface area contributed by atoms with Gasteiger partial charge >= 0.3 is 0 Å². The Morgan fingerprint density at radius 1 is 1.42 bits per heavy atom. The summed E-state index contributed by atoms with van der Waals surface area (Å²) in [7, 11) is 0. The van der Waals surface area contributed by atoms with Gasteiger partial charge in [-0.2, -0.15) is 5.10 Å². The highest BCUT2D eigenvalue weighted by Gasteiger charge is 2.09. The molecule has 1 aromatic carbocycles. The monoisotopic (exact) mass is 262 g/mol. The number of carbonyl (C=O) groups excluding carboxylic acids is 1. The van der Waals surface area contributed by atoms with Gasteiger partial charge in [0.1, 0.15) is 18.2 Å². The van der Waals surface area contributed by atoms with Crippen LogP contribution in [0.3, 0.4) is 0 Å². The van der Waals surface area contributed by atoms with Gasteiger partial charge in [0.25, 0.3) is 0 Å². The van der Waals surface area contributed by atoms with E-state index in [2.05, 4.69) is 10.4 Å². The quantitative estimate of drug-likeness (QED) is 0.886. The number of hydrogen-bond acceptors (Lipinski definition) is 3. The van der Waals surface area contributed by atoms with Crippen LogP contribution < -0.4 is 11.1 Å². The molecule has 0 radical (unpaired) electrons. The van der Waals surface area contributed by atoms with Crippen LogP contribution in [-0.2, 0) is 11.3 Å². The number of halogens is 1. The van der Waals surface area contributed by atoms with Crippen LogP contribution in [0.25, 0.3) is 0 Å². The van der Waals surface area contributed by atoms with Crippen molar-refractivity contribution in [3.63, 3.8) is 0 Å². The van der Waals surface area contributed by atoms with Crippen molar-refractivity contribution in [2.45, 2.75) is 20.4 Å². The number of nitrogens with zero attached hydrogens (tertiary/aromatic N) is 2. The van der Waals surface area contributed by atoms with E-state index in [-0.39, 0.29) is 18.3 Å². The molecular formula is C13H15FN4O. The van der Waals surface area contributed by atoms with Crippen molar-refractivity contribution in [1.82, 2.24) is 9.78 Å². The van der Waals surface area contributed by atoms with E-state index >= 15 is 0 Å². The van der Waals surface area contributed by atoms with Gasteiger partial charge in [0.15, 0.2) is 0 Å². The summed E-state index contributed by atoms with van der Waals surface area (Å²) in [5.41, 5.74) is 7.61. The van der Waals surface area contributed by atoms with Gasteiger partial charge in [-0.15, -0.1) is 0 Å². The minimum absolute atomic E-state index is 0.0693. The van der Waals surface area contributed by atoms with Gasteiger partial charge in [-0.05, 0) is 37.6 Å². The lowest BCUT2D eigenvalue weighted by atomic mass is 10.2. The Labute approximate surface area is 110 Å². The van der Waals surface area contributed by atoms with Crippen LogP contribution in [0.5, 0.6) is 0 Å². The highest BCUT2D eigenvalue weighted by Crippen LogP contribution is 2.15. The predicted molar refractivity (Wildman–Crippen MR) is 71.1 cm³/mol. The Balaban J connectivity index is 2.07. The predicted octanol–water partition coefficient (Wildman–Crippen LogP) is 1.86. The van der Waals surface area contributed by atoms with Gasteiger partial charge in [-0.3, -0.25) is 9.48 Å². The second-order valence-corrected chi connectivity index (χ2v) is 4.38. The maximum Gasteiger partial charge on any atom is 0.246 e. The molecule has 1 heterocycles. The van der Waals surface area contributed by atoms with E-state index in [0.29, 0.717) is 17.1 Å². The zero-order valence-corrected chi connectivity index (χ0v) is 10.8. The maximum absolute atomic E-state index is 12.9. The zero-order valence-electron chi connectivity index (χ0n) is 10.8. The first-order chi connectivity index (χ1) is 8.95. The molecular weight excluding hydrogens is 247 g/mol. The Morgan fingerprint density at radius 2 is 2.16 bits per heavy atom. The Morgan fingerprint density at radius 3 is 2.74 bits per heavy atom. The average Bonchev–Trinajstić information content (AvgIpc) is 2.61. The number of anilines is 2. The van der Waals surface area contributed by atoms with Crippen LogP contribution in [-0.4, -0.2) is 15.7 Å². The molecule has 0 atom stereocenters. The van der Waals surface area contributed by atoms with E-state index in [4.69, 9.17) is 5.73 Å². The maximum atomic E-state index is 12.9. The zero-order chi connectivity index (χ0) is 14.0. The average molecular weight is 262 g/mol. The number of amides is 1. The molecule has 0 aliphatic heterocycles. The molecule has 0 aliphatic carbocycles. The molecule has 100 valence electrons. The van der Waals surface area contributed by atoms with Crippen LogP contribution in [0.1, 0.15) is 11.3 Å². The van der Waals surface area contributed by atoms with E-state index in [0.717, 1.165) is 5.69 Å². The smallest absolute Gasteiger partial charge is 0.246 e. The molecule has 1 amide bonds. The van der Waals surface area contributed by atoms with Crippen molar-refractivity contribution < 1.29 is 9.18 Å². The van der Waals surface area contributed by atoms with Gasteiger partial charge in [0.2, 0.25) is 5.91 Å². The largest absolute Gasteiger partial charge is 0.382 e. The van der Waals surface area contributed by atoms with Crippen molar-refractivity contribution in [2.75, 3.05) is 11.1 Å². The van der Waals surface area contributed by atoms with Crippen molar-refractivity contribution in [3.05, 3.63) is 41.3 Å². The lowest BCUT2D eigenvalue weighted by Crippen LogP contribution is -2.20. The molecule has 5 nitrogen and oxygen atoms in total. The molecule has 6 heteroatoms. The fourth-order valence-corrected chi connectivity index (χ4v) is 1.79. The number of nitrogens with one attached hydrogen (secondary N) is 1. The van der Waals surface area contributed by atoms with E-state index in [9.17, 15) is 9.18 Å². The second-order valence-electron chi connectivity index (χ2n) is 4.38. The van der Waals surface area contributed by atoms with E-state index in [1.54, 1.807) is 13.0 Å². The third kappa shape index (κ3) is 3.09. The van der Waals surface area contributed by atoms with E-state index < -0.39 is 0 Å². The SMILES string of the molecule is Cc1cc(F)ccc1NC(=O)Cn1nc(N)cc1C. The number of benzene rings is 1. The standard InChI is InChI=1S/C13H15FN4O/c1-8-5-10(14)3-4-11(8)16-13(19)7-18-9(2)6-12(15)17-18/h3-6H,7H2,1-2H3,(H2,15,17)(H,16,19). The Bertz CT molecular complexity index is 621. The summed E-state index contributed by atoms with van der Waals surface area (Å²) in [6, 6.07) is 5.90. The van der Waals surface area contributed by atoms with Crippen LogP contribution in [0, 0.1) is 19.7 Å². The highest BCUT2D eigenvalue weighted by atomic mass is 19.1. The third-order valence-corrected chi connectivity index (χ3v) is 2.76. The summed E-state index contributed by atoms with van der Waals surface area (Å²) < 4.78 is 14.5. The molecule has 1 aromatic heterocycles. The van der Waals surface area contributed by atoms with Gasteiger partial charge in [0, 0.05) is 17.4 Å². The minimum Gasteiger partial charge on any atom is -0.382 e. The number of hydrogen-bond donors (Lipinski definition) is 2. The first-order valence-corrected chi connectivity index (χ1v) is 5.81. The molecule has 0 saturated heterocycles. The second kappa shape index (κ2) is 5.09. The number of aromatic nitrogens is 2. The van der Waals surface area contributed by atoms with Gasteiger partial charge in [0.05, 0.1) is 0 Å². The summed E-state index contributed by atoms with van der Waals surface area (Å²) in [5, 5.41) is 6.72. The van der Waals surface area contributed by atoms with Crippen LogP contribution in [0.15, 0.2) is 24.3 Å². The van der Waals surface area contributed by atoms with Crippen molar-refractivity contribution >= 4 is 17.4 Å². The minimum atomic E-state index is -0.328. The molecule has 0 bridgehead atoms. The third-order valence-electron chi connectivity index (χ3n) is 2.76. The van der Waals surface area contributed by atoms with Crippen LogP contribution in [0.2, 0.25) is 0 Å². The Kier molecular flexibility index (Phi) is 3.50. The van der Waals surface area contributed by atoms with Gasteiger partial charge < -0.3 is 11.1 Å². The van der Waals surface area contributed by atoms with E-state index in [1.807, 2.05) is 6.92 Å². The summed E-state index contributed by atoms with van der Waals surface area (Å²) in [6.45, 7) is 3.62. The number of nitrogen functional groups attached to an aromatic ring is 1. The van der Waals surface area contributed by atoms with Gasteiger partial charge in [-0.25, -0.2) is 4.39 Å². The van der Waals surface area contributed by atoms with Crippen LogP contribution in [0.4, 0.5) is 15.9 Å². The first-order valence-electron chi connectivity index (χ1n) is 5.81. The highest BCUT2D eigenvalue weighted by molar-refractivity contribution is 5.91. The van der Waals surface area contributed by atoms with E-state index in [1.165, 1.54) is 22.9 Å². The normalized spacial score (nSPS) is 10.5. The number of nitrogens with two attached hydrogens (primary N) is 1. The number of aryl methyl sites for hydroxylation is 2. The van der Waals surface area contributed by atoms with Crippen LogP contribution >= 0.6 is 0 Å². The molecule has 2 aromatic rings. The fourth-order valence-electron chi connectivity index (χ4n) is 1.79. The number of rotatable bonds is 3. The lowest BCUT2D eigenvalue weighted by Gasteiger charge is -2.09. The first kappa shape index (κ1) is 13.1. The number of carbonyl (C=O) groups is 1. The van der Waals surface area contributed by atoms with Crippen molar-refractivity contribution in [3.8, 4) is 0 Å².